The smallest absolute Gasteiger partial charge is 0.419 e. The van der Waals surface area contributed by atoms with E-state index in [-0.39, 0.29) is 32.7 Å². The molecule has 0 spiro atoms. The molecule has 3 N–H and O–H groups in total. The van der Waals surface area contributed by atoms with E-state index in [2.05, 4.69) is 10.0 Å². The maximum absolute atomic E-state index is 13.6. The van der Waals surface area contributed by atoms with Gasteiger partial charge in [0, 0.05) is 19.0 Å². The number of carboxylic acids is 1. The number of ether oxygens (including phenoxy) is 2. The van der Waals surface area contributed by atoms with Crippen molar-refractivity contribution >= 4 is 33.3 Å². The summed E-state index contributed by atoms with van der Waals surface area (Å²) in [5.74, 6) is -1.21. The molecule has 1 heterocycles. The Hall–Kier alpha value is -3.48. The molecule has 8 nitrogen and oxygen atoms in total. The van der Waals surface area contributed by atoms with Gasteiger partial charge in [0.2, 0.25) is 0 Å². The number of sulfonamides is 1. The van der Waals surface area contributed by atoms with Crippen LogP contribution in [0.1, 0.15) is 29.3 Å². The summed E-state index contributed by atoms with van der Waals surface area (Å²) < 4.78 is 80.3. The van der Waals surface area contributed by atoms with Crippen LogP contribution in [0.15, 0.2) is 65.6 Å². The Kier molecular flexibility index (Phi) is 7.51. The zero-order chi connectivity index (χ0) is 27.7. The normalized spacial score (nSPS) is 17.7. The number of carbonyl (C=O) groups is 1. The molecule has 4 rings (SSSR count). The lowest BCUT2D eigenvalue weighted by Crippen LogP contribution is -2.35. The standard InChI is InChI=1S/C25H22ClF3N2O6S/c1-24(10-11-30-14-24)37-22-12-16(4-8-19(22)25(27,28)29)31-38(34,35)18-7-9-21(20(26)13-18)36-17-5-2-15(3-6-17)23(32)33/h2-9,12-13,30-31H,10-11,14H2,1H3,(H,32,33)/t24-/m1/s1. The third-order valence-corrected chi connectivity index (χ3v) is 7.44. The minimum atomic E-state index is -4.70. The van der Waals surface area contributed by atoms with Crippen LogP contribution in [0.4, 0.5) is 18.9 Å². The van der Waals surface area contributed by atoms with Crippen molar-refractivity contribution in [2.75, 3.05) is 17.8 Å². The van der Waals surface area contributed by atoms with E-state index in [1.807, 2.05) is 0 Å². The van der Waals surface area contributed by atoms with Crippen molar-refractivity contribution in [1.29, 1.82) is 0 Å². The predicted octanol–water partition coefficient (Wildman–Crippen LogP) is 5.78. The van der Waals surface area contributed by atoms with Crippen molar-refractivity contribution in [2.24, 2.45) is 0 Å². The maximum Gasteiger partial charge on any atom is 0.419 e. The van der Waals surface area contributed by atoms with Gasteiger partial charge in [-0.25, -0.2) is 13.2 Å². The van der Waals surface area contributed by atoms with Crippen LogP contribution in [-0.2, 0) is 16.2 Å². The quantitative estimate of drug-likeness (QED) is 0.314. The molecule has 1 aliphatic rings. The molecule has 1 aliphatic heterocycles. The molecule has 38 heavy (non-hydrogen) atoms. The summed E-state index contributed by atoms with van der Waals surface area (Å²) in [6.07, 6.45) is -4.22. The Morgan fingerprint density at radius 2 is 1.79 bits per heavy atom. The van der Waals surface area contributed by atoms with E-state index >= 15 is 0 Å². The maximum atomic E-state index is 13.6. The van der Waals surface area contributed by atoms with Gasteiger partial charge in [-0.15, -0.1) is 0 Å². The van der Waals surface area contributed by atoms with Gasteiger partial charge in [0.25, 0.3) is 10.0 Å². The molecular formula is C25H22ClF3N2O6S. The highest BCUT2D eigenvalue weighted by Gasteiger charge is 2.38. The van der Waals surface area contributed by atoms with Crippen LogP contribution in [0, 0.1) is 0 Å². The molecule has 1 saturated heterocycles. The summed E-state index contributed by atoms with van der Waals surface area (Å²) in [5, 5.41) is 11.9. The topological polar surface area (TPSA) is 114 Å². The lowest BCUT2D eigenvalue weighted by Gasteiger charge is -2.27. The average molecular weight is 571 g/mol. The van der Waals surface area contributed by atoms with Crippen molar-refractivity contribution in [1.82, 2.24) is 5.32 Å². The molecule has 0 saturated carbocycles. The fraction of sp³-hybridized carbons (Fsp3) is 0.240. The second-order valence-corrected chi connectivity index (χ2v) is 10.9. The van der Waals surface area contributed by atoms with E-state index in [0.29, 0.717) is 19.5 Å². The first-order valence-corrected chi connectivity index (χ1v) is 13.1. The Morgan fingerprint density at radius 1 is 1.08 bits per heavy atom. The van der Waals surface area contributed by atoms with Crippen LogP contribution in [0.25, 0.3) is 0 Å². The number of benzene rings is 3. The Balaban J connectivity index is 1.56. The molecule has 3 aromatic rings. The number of hydrogen-bond donors (Lipinski definition) is 3. The number of nitrogens with one attached hydrogen (secondary N) is 2. The van der Waals surface area contributed by atoms with Gasteiger partial charge in [0.05, 0.1) is 26.7 Å². The van der Waals surface area contributed by atoms with Gasteiger partial charge in [-0.05, 0) is 68.1 Å². The van der Waals surface area contributed by atoms with Crippen molar-refractivity contribution in [3.05, 3.63) is 76.8 Å². The summed E-state index contributed by atoms with van der Waals surface area (Å²) in [5.41, 5.74) is -1.97. The third kappa shape index (κ3) is 6.32. The van der Waals surface area contributed by atoms with Crippen molar-refractivity contribution < 1.29 is 41.0 Å². The van der Waals surface area contributed by atoms with Crippen molar-refractivity contribution in [3.63, 3.8) is 0 Å². The van der Waals surface area contributed by atoms with E-state index in [9.17, 15) is 26.4 Å². The highest BCUT2D eigenvalue weighted by Crippen LogP contribution is 2.40. The first kappa shape index (κ1) is 27.6. The van der Waals surface area contributed by atoms with Gasteiger partial charge in [0.1, 0.15) is 22.8 Å². The molecule has 0 aliphatic carbocycles. The number of aromatic carboxylic acids is 1. The highest BCUT2D eigenvalue weighted by molar-refractivity contribution is 7.92. The minimum Gasteiger partial charge on any atom is -0.485 e. The lowest BCUT2D eigenvalue weighted by molar-refractivity contribution is -0.139. The summed E-state index contributed by atoms with van der Waals surface area (Å²) in [7, 11) is -4.25. The molecule has 1 fully saturated rings. The molecular weight excluding hydrogens is 549 g/mol. The number of halogens is 4. The molecule has 0 bridgehead atoms. The van der Waals surface area contributed by atoms with Crippen molar-refractivity contribution in [2.45, 2.75) is 30.0 Å². The van der Waals surface area contributed by atoms with Crippen LogP contribution in [0.3, 0.4) is 0 Å². The van der Waals surface area contributed by atoms with E-state index < -0.39 is 39.1 Å². The lowest BCUT2D eigenvalue weighted by atomic mass is 10.1. The second-order valence-electron chi connectivity index (χ2n) is 8.82. The Bertz CT molecular complexity index is 1460. The van der Waals surface area contributed by atoms with Crippen LogP contribution >= 0.6 is 11.6 Å². The molecule has 13 heteroatoms. The summed E-state index contributed by atoms with van der Waals surface area (Å²) in [6.45, 7) is 2.60. The first-order valence-electron chi connectivity index (χ1n) is 11.2. The van der Waals surface area contributed by atoms with Gasteiger partial charge >= 0.3 is 12.1 Å². The van der Waals surface area contributed by atoms with E-state index in [0.717, 1.165) is 24.3 Å². The van der Waals surface area contributed by atoms with Gasteiger partial charge in [-0.3, -0.25) is 4.72 Å². The molecule has 202 valence electrons. The number of hydrogen-bond acceptors (Lipinski definition) is 6. The summed E-state index contributed by atoms with van der Waals surface area (Å²) in [6, 6.07) is 11.9. The zero-order valence-corrected chi connectivity index (χ0v) is 21.4. The van der Waals surface area contributed by atoms with Crippen LogP contribution in [0.2, 0.25) is 5.02 Å². The average Bonchev–Trinajstić information content (AvgIpc) is 3.25. The van der Waals surface area contributed by atoms with Gasteiger partial charge in [-0.2, -0.15) is 13.2 Å². The van der Waals surface area contributed by atoms with Gasteiger partial charge in [0.15, 0.2) is 0 Å². The molecule has 0 unspecified atom stereocenters. The van der Waals surface area contributed by atoms with E-state index in [1.165, 1.54) is 36.4 Å². The molecule has 1 atom stereocenters. The molecule has 0 aromatic heterocycles. The Morgan fingerprint density at radius 3 is 2.37 bits per heavy atom. The van der Waals surface area contributed by atoms with Gasteiger partial charge in [-0.1, -0.05) is 11.6 Å². The van der Waals surface area contributed by atoms with Gasteiger partial charge < -0.3 is 19.9 Å². The first-order chi connectivity index (χ1) is 17.8. The van der Waals surface area contributed by atoms with Crippen LogP contribution in [-0.4, -0.2) is 38.2 Å². The Labute approximate surface area is 221 Å². The number of rotatable bonds is 8. The molecule has 0 amide bonds. The zero-order valence-electron chi connectivity index (χ0n) is 19.8. The number of alkyl halides is 3. The minimum absolute atomic E-state index is 0.0572. The molecule has 3 aromatic carbocycles. The monoisotopic (exact) mass is 570 g/mol. The number of carboxylic acid groups (broad SMARTS) is 1. The van der Waals surface area contributed by atoms with E-state index in [1.54, 1.807) is 6.92 Å². The summed E-state index contributed by atoms with van der Waals surface area (Å²) in [4.78, 5) is 10.7. The van der Waals surface area contributed by atoms with Crippen LogP contribution in [0.5, 0.6) is 17.2 Å². The van der Waals surface area contributed by atoms with Crippen molar-refractivity contribution in [3.8, 4) is 17.2 Å². The largest absolute Gasteiger partial charge is 0.485 e. The second kappa shape index (κ2) is 10.4. The van der Waals surface area contributed by atoms with E-state index in [4.69, 9.17) is 26.2 Å². The van der Waals surface area contributed by atoms with Crippen LogP contribution < -0.4 is 19.5 Å². The third-order valence-electron chi connectivity index (χ3n) is 5.77. The highest BCUT2D eigenvalue weighted by atomic mass is 35.5. The fourth-order valence-electron chi connectivity index (χ4n) is 3.79. The predicted molar refractivity (Wildman–Crippen MR) is 134 cm³/mol. The fourth-order valence-corrected chi connectivity index (χ4v) is 5.15. The SMILES string of the molecule is C[C@@]1(Oc2cc(NS(=O)(=O)c3ccc(Oc4ccc(C(=O)O)cc4)c(Cl)c3)ccc2C(F)(F)F)CCNC1. The number of anilines is 1. The summed E-state index contributed by atoms with van der Waals surface area (Å²) >= 11 is 6.21. The molecule has 0 radical (unpaired) electrons.